The molecule has 2 rings (SSSR count). The van der Waals surface area contributed by atoms with Gasteiger partial charge in [-0.25, -0.2) is 5.01 Å². The zero-order valence-corrected chi connectivity index (χ0v) is 14.4. The number of nitrogens with one attached hydrogen (secondary N) is 1. The first-order chi connectivity index (χ1) is 11.0. The number of hydrogen-bond donors (Lipinski definition) is 1. The lowest BCUT2D eigenvalue weighted by Crippen LogP contribution is -2.46. The highest BCUT2D eigenvalue weighted by Gasteiger charge is 2.17. The Morgan fingerprint density at radius 3 is 2.09 bits per heavy atom. The molecule has 1 atom stereocenters. The van der Waals surface area contributed by atoms with Crippen molar-refractivity contribution in [2.24, 2.45) is 0 Å². The minimum atomic E-state index is 0.747. The van der Waals surface area contributed by atoms with E-state index in [9.17, 15) is 0 Å². The van der Waals surface area contributed by atoms with E-state index in [1.807, 2.05) is 0 Å². The molecule has 0 saturated heterocycles. The molecule has 2 nitrogen and oxygen atoms in total. The molecule has 1 N–H and O–H groups in total. The van der Waals surface area contributed by atoms with Crippen molar-refractivity contribution in [2.75, 3.05) is 13.1 Å². The van der Waals surface area contributed by atoms with Crippen LogP contribution in [0.3, 0.4) is 0 Å². The van der Waals surface area contributed by atoms with Crippen molar-refractivity contribution in [2.45, 2.75) is 89.5 Å². The number of hydrogen-bond acceptors (Lipinski definition) is 2. The maximum Gasteiger partial charge on any atom is 0.0243 e. The van der Waals surface area contributed by atoms with E-state index in [1.165, 1.54) is 90.0 Å². The third kappa shape index (κ3) is 7.60. The highest BCUT2D eigenvalue weighted by atomic mass is 15.5. The van der Waals surface area contributed by atoms with Crippen LogP contribution < -0.4 is 5.43 Å². The van der Waals surface area contributed by atoms with E-state index >= 15 is 0 Å². The maximum atomic E-state index is 3.75. The topological polar surface area (TPSA) is 15.3 Å². The molecule has 0 bridgehead atoms. The monoisotopic (exact) mass is 304 g/mol. The fourth-order valence-corrected chi connectivity index (χ4v) is 3.62. The van der Waals surface area contributed by atoms with Gasteiger partial charge in [-0.15, -0.1) is 0 Å². The summed E-state index contributed by atoms with van der Waals surface area (Å²) in [7, 11) is 0. The molecule has 2 heteroatoms. The zero-order chi connectivity index (χ0) is 15.3. The van der Waals surface area contributed by atoms with Gasteiger partial charge in [0, 0.05) is 19.1 Å². The van der Waals surface area contributed by atoms with Crippen LogP contribution in [0.15, 0.2) is 24.3 Å². The molecule has 0 aromatic heterocycles. The Labute approximate surface area is 138 Å². The molecule has 0 radical (unpaired) electrons. The fourth-order valence-electron chi connectivity index (χ4n) is 3.62. The maximum absolute atomic E-state index is 3.75. The summed E-state index contributed by atoms with van der Waals surface area (Å²) in [6.45, 7) is 2.34. The molecule has 1 aliphatic heterocycles. The van der Waals surface area contributed by atoms with Crippen LogP contribution in [0.5, 0.6) is 0 Å². The molecular formula is C20H36N2. The van der Waals surface area contributed by atoms with E-state index in [0.717, 1.165) is 12.6 Å². The summed E-state index contributed by atoms with van der Waals surface area (Å²) >= 11 is 0. The summed E-state index contributed by atoms with van der Waals surface area (Å²) in [5.41, 5.74) is 3.75. The summed E-state index contributed by atoms with van der Waals surface area (Å²) in [5, 5.41) is 2.61. The number of rotatable bonds is 1. The average molecular weight is 305 g/mol. The Balaban J connectivity index is 1.87. The lowest BCUT2D eigenvalue weighted by molar-refractivity contribution is 0.105. The molecule has 1 heterocycles. The predicted molar refractivity (Wildman–Crippen MR) is 96.8 cm³/mol. The second-order valence-corrected chi connectivity index (χ2v) is 6.91. The molecule has 0 spiro atoms. The Kier molecular flexibility index (Phi) is 9.60. The number of hydrazine groups is 1. The van der Waals surface area contributed by atoms with Crippen LogP contribution in [-0.2, 0) is 0 Å². The van der Waals surface area contributed by atoms with Crippen molar-refractivity contribution >= 4 is 0 Å². The third-order valence-electron chi connectivity index (χ3n) is 4.99. The van der Waals surface area contributed by atoms with Gasteiger partial charge in [-0.1, -0.05) is 43.6 Å². The first-order valence-corrected chi connectivity index (χ1v) is 9.77. The Morgan fingerprint density at radius 2 is 1.27 bits per heavy atom. The lowest BCUT2D eigenvalue weighted by Gasteiger charge is -2.32. The lowest BCUT2D eigenvalue weighted by atomic mass is 10.0. The van der Waals surface area contributed by atoms with Crippen molar-refractivity contribution in [3.8, 4) is 0 Å². The van der Waals surface area contributed by atoms with Crippen molar-refractivity contribution in [3.05, 3.63) is 24.3 Å². The van der Waals surface area contributed by atoms with Gasteiger partial charge in [0.05, 0.1) is 0 Å². The average Bonchev–Trinajstić information content (AvgIpc) is 2.64. The highest BCUT2D eigenvalue weighted by Crippen LogP contribution is 2.18. The van der Waals surface area contributed by atoms with Crippen LogP contribution in [0.1, 0.15) is 83.5 Å². The molecule has 22 heavy (non-hydrogen) atoms. The highest BCUT2D eigenvalue weighted by molar-refractivity contribution is 4.85. The van der Waals surface area contributed by atoms with Crippen LogP contribution in [0.25, 0.3) is 0 Å². The van der Waals surface area contributed by atoms with Crippen LogP contribution in [-0.4, -0.2) is 24.1 Å². The van der Waals surface area contributed by atoms with E-state index in [0.29, 0.717) is 0 Å². The van der Waals surface area contributed by atoms with Crippen LogP contribution >= 0.6 is 0 Å². The smallest absolute Gasteiger partial charge is 0.0243 e. The van der Waals surface area contributed by atoms with Crippen LogP contribution in [0.4, 0.5) is 0 Å². The normalized spacial score (nSPS) is 27.7. The molecular weight excluding hydrogens is 268 g/mol. The molecule has 1 aliphatic carbocycles. The van der Waals surface area contributed by atoms with Gasteiger partial charge >= 0.3 is 0 Å². The second-order valence-electron chi connectivity index (χ2n) is 6.91. The largest absolute Gasteiger partial charge is 0.255 e. The third-order valence-corrected chi connectivity index (χ3v) is 4.99. The summed E-state index contributed by atoms with van der Waals surface area (Å²) in [4.78, 5) is 0. The van der Waals surface area contributed by atoms with Crippen LogP contribution in [0.2, 0.25) is 0 Å². The van der Waals surface area contributed by atoms with E-state index in [-0.39, 0.29) is 0 Å². The molecule has 0 aromatic carbocycles. The standard InChI is InChI=1S/C20H36N2/c1-2-5-9-13-17-20(16-12-8-4-1)22-19-15-11-7-3-6-10-14-18-21-22/h1,4,6,10,20-21H,2-3,5,7-9,11-19H2. The summed E-state index contributed by atoms with van der Waals surface area (Å²) in [5.74, 6) is 0. The van der Waals surface area contributed by atoms with Gasteiger partial charge in [-0.2, -0.15) is 0 Å². The number of nitrogens with zero attached hydrogens (tertiary/aromatic N) is 1. The first kappa shape index (κ1) is 17.7. The van der Waals surface area contributed by atoms with E-state index < -0.39 is 0 Å². The van der Waals surface area contributed by atoms with E-state index in [4.69, 9.17) is 0 Å². The second kappa shape index (κ2) is 11.9. The van der Waals surface area contributed by atoms with Crippen molar-refractivity contribution in [3.63, 3.8) is 0 Å². The van der Waals surface area contributed by atoms with Crippen molar-refractivity contribution in [1.82, 2.24) is 10.4 Å². The van der Waals surface area contributed by atoms with Crippen molar-refractivity contribution in [1.29, 1.82) is 0 Å². The summed E-state index contributed by atoms with van der Waals surface area (Å²) < 4.78 is 0. The van der Waals surface area contributed by atoms with E-state index in [2.05, 4.69) is 34.7 Å². The summed E-state index contributed by atoms with van der Waals surface area (Å²) in [6.07, 6.45) is 26.9. The molecule has 0 amide bonds. The summed E-state index contributed by atoms with van der Waals surface area (Å²) in [6, 6.07) is 0.747. The molecule has 0 saturated carbocycles. The van der Waals surface area contributed by atoms with Gasteiger partial charge in [0.1, 0.15) is 0 Å². The van der Waals surface area contributed by atoms with Gasteiger partial charge in [-0.05, 0) is 64.2 Å². The predicted octanol–water partition coefficient (Wildman–Crippen LogP) is 5.37. The van der Waals surface area contributed by atoms with Gasteiger partial charge in [0.25, 0.3) is 0 Å². The van der Waals surface area contributed by atoms with E-state index in [1.54, 1.807) is 0 Å². The van der Waals surface area contributed by atoms with Crippen LogP contribution in [0, 0.1) is 0 Å². The molecule has 2 aliphatic rings. The van der Waals surface area contributed by atoms with Gasteiger partial charge in [0.15, 0.2) is 0 Å². The minimum Gasteiger partial charge on any atom is -0.255 e. The molecule has 0 aromatic rings. The Morgan fingerprint density at radius 1 is 0.636 bits per heavy atom. The zero-order valence-electron chi connectivity index (χ0n) is 14.4. The van der Waals surface area contributed by atoms with Gasteiger partial charge < -0.3 is 0 Å². The fraction of sp³-hybridized carbons (Fsp3) is 0.800. The first-order valence-electron chi connectivity index (χ1n) is 9.77. The van der Waals surface area contributed by atoms with Gasteiger partial charge in [-0.3, -0.25) is 5.43 Å². The quantitative estimate of drug-likeness (QED) is 0.655. The van der Waals surface area contributed by atoms with Gasteiger partial charge in [0.2, 0.25) is 0 Å². The Hall–Kier alpha value is -0.600. The van der Waals surface area contributed by atoms with Crippen molar-refractivity contribution < 1.29 is 0 Å². The molecule has 0 fully saturated rings. The minimum absolute atomic E-state index is 0.747. The SMILES string of the molecule is C1=CCCCC(N2CCCCCC=CCCN2)CCCCC1. The molecule has 126 valence electrons. The number of allylic oxidation sites excluding steroid dienone is 3. The molecule has 1 unspecified atom stereocenters. The Bertz CT molecular complexity index is 290.